The van der Waals surface area contributed by atoms with Crippen molar-refractivity contribution in [2.24, 2.45) is 0 Å². The molecule has 1 saturated heterocycles. The highest BCUT2D eigenvalue weighted by Crippen LogP contribution is 2.36. The first-order chi connectivity index (χ1) is 9.29. The highest BCUT2D eigenvalue weighted by molar-refractivity contribution is 5.58. The second-order valence-corrected chi connectivity index (χ2v) is 5.12. The fraction of sp³-hybridized carbons (Fsp3) is 0.571. The maximum Gasteiger partial charge on any atom is 0.231 e. The van der Waals surface area contributed by atoms with Gasteiger partial charge in [-0.25, -0.2) is 0 Å². The van der Waals surface area contributed by atoms with Crippen LogP contribution in [0.5, 0.6) is 11.5 Å². The molecule has 1 fully saturated rings. The third kappa shape index (κ3) is 2.35. The van der Waals surface area contributed by atoms with E-state index in [1.54, 1.807) is 0 Å². The van der Waals surface area contributed by atoms with Crippen LogP contribution in [-0.2, 0) is 0 Å². The van der Waals surface area contributed by atoms with E-state index in [4.69, 9.17) is 9.47 Å². The number of ether oxygens (including phenoxy) is 2. The number of hydrogen-bond acceptors (Lipinski definition) is 5. The molecule has 5 heteroatoms. The average molecular weight is 264 g/mol. The van der Waals surface area contributed by atoms with Gasteiger partial charge in [0.25, 0.3) is 0 Å². The Balaban J connectivity index is 1.92. The maximum absolute atomic E-state index is 9.62. The number of aliphatic hydroxyl groups is 1. The Kier molecular flexibility index (Phi) is 3.48. The van der Waals surface area contributed by atoms with E-state index in [0.717, 1.165) is 36.7 Å². The lowest BCUT2D eigenvalue weighted by atomic mass is 10.1. The summed E-state index contributed by atoms with van der Waals surface area (Å²) in [5.74, 6) is 1.59. The first-order valence-corrected chi connectivity index (χ1v) is 6.79. The highest BCUT2D eigenvalue weighted by atomic mass is 16.7. The van der Waals surface area contributed by atoms with Gasteiger partial charge in [0.2, 0.25) is 6.79 Å². The summed E-state index contributed by atoms with van der Waals surface area (Å²) >= 11 is 0. The monoisotopic (exact) mass is 264 g/mol. The van der Waals surface area contributed by atoms with Crippen molar-refractivity contribution in [2.75, 3.05) is 31.4 Å². The number of nitrogens with one attached hydrogen (secondary N) is 1. The molecule has 0 radical (unpaired) electrons. The molecule has 0 aromatic heterocycles. The fourth-order valence-corrected chi connectivity index (χ4v) is 2.84. The Morgan fingerprint density at radius 1 is 1.37 bits per heavy atom. The number of aliphatic hydroxyl groups excluding tert-OH is 1. The van der Waals surface area contributed by atoms with E-state index in [1.165, 1.54) is 0 Å². The molecule has 2 N–H and O–H groups in total. The van der Waals surface area contributed by atoms with Gasteiger partial charge in [-0.2, -0.15) is 0 Å². The highest BCUT2D eigenvalue weighted by Gasteiger charge is 2.27. The number of fused-ring (bicyclic) bond motifs is 1. The Hall–Kier alpha value is -1.46. The number of nitrogens with zero attached hydrogens (tertiary/aromatic N) is 1. The molecule has 0 bridgehead atoms. The second kappa shape index (κ2) is 5.27. The largest absolute Gasteiger partial charge is 0.454 e. The summed E-state index contributed by atoms with van der Waals surface area (Å²) in [6, 6.07) is 6.47. The molecular weight excluding hydrogens is 244 g/mol. The Labute approximate surface area is 113 Å². The average Bonchev–Trinajstić information content (AvgIpc) is 2.81. The van der Waals surface area contributed by atoms with Gasteiger partial charge in [-0.3, -0.25) is 0 Å². The van der Waals surface area contributed by atoms with Crippen LogP contribution < -0.4 is 19.7 Å². The van der Waals surface area contributed by atoms with Crippen molar-refractivity contribution < 1.29 is 14.6 Å². The van der Waals surface area contributed by atoms with Crippen LogP contribution in [0.1, 0.15) is 13.3 Å². The zero-order valence-corrected chi connectivity index (χ0v) is 11.1. The minimum atomic E-state index is 0.0953. The topological polar surface area (TPSA) is 54.0 Å². The number of hydrogen-bond donors (Lipinski definition) is 2. The second-order valence-electron chi connectivity index (χ2n) is 5.12. The van der Waals surface area contributed by atoms with Crippen molar-refractivity contribution >= 4 is 5.69 Å². The van der Waals surface area contributed by atoms with Gasteiger partial charge in [-0.15, -0.1) is 0 Å². The zero-order chi connectivity index (χ0) is 13.2. The van der Waals surface area contributed by atoms with Crippen molar-refractivity contribution in [1.82, 2.24) is 5.32 Å². The van der Waals surface area contributed by atoms with E-state index in [2.05, 4.69) is 17.1 Å². The maximum atomic E-state index is 9.62. The van der Waals surface area contributed by atoms with E-state index in [0.29, 0.717) is 12.8 Å². The summed E-state index contributed by atoms with van der Waals surface area (Å²) in [6.45, 7) is 4.42. The lowest BCUT2D eigenvalue weighted by molar-refractivity contribution is 0.174. The molecule has 2 heterocycles. The van der Waals surface area contributed by atoms with Gasteiger partial charge in [-0.1, -0.05) is 0 Å². The van der Waals surface area contributed by atoms with Crippen LogP contribution in [0.3, 0.4) is 0 Å². The lowest BCUT2D eigenvalue weighted by Crippen LogP contribution is -2.46. The first-order valence-electron chi connectivity index (χ1n) is 6.79. The van der Waals surface area contributed by atoms with Crippen LogP contribution in [0.25, 0.3) is 0 Å². The Bertz CT molecular complexity index is 452. The van der Waals surface area contributed by atoms with Crippen LogP contribution in [0.4, 0.5) is 5.69 Å². The summed E-state index contributed by atoms with van der Waals surface area (Å²) in [6.07, 6.45) is 1.06. The molecule has 0 amide bonds. The first kappa shape index (κ1) is 12.6. The van der Waals surface area contributed by atoms with Crippen molar-refractivity contribution in [2.45, 2.75) is 25.4 Å². The molecule has 19 heavy (non-hydrogen) atoms. The van der Waals surface area contributed by atoms with Crippen LogP contribution >= 0.6 is 0 Å². The molecule has 0 saturated carbocycles. The van der Waals surface area contributed by atoms with Crippen LogP contribution in [0.2, 0.25) is 0 Å². The molecule has 1 aromatic carbocycles. The van der Waals surface area contributed by atoms with Gasteiger partial charge in [0.1, 0.15) is 0 Å². The minimum absolute atomic E-state index is 0.0953. The van der Waals surface area contributed by atoms with Crippen LogP contribution in [-0.4, -0.2) is 43.7 Å². The molecular formula is C14H20N2O3. The lowest BCUT2D eigenvalue weighted by Gasteiger charge is -2.35. The molecule has 104 valence electrons. The van der Waals surface area contributed by atoms with Gasteiger partial charge in [-0.05, 0) is 32.0 Å². The Morgan fingerprint density at radius 3 is 3.05 bits per heavy atom. The molecule has 0 spiro atoms. The fourth-order valence-electron chi connectivity index (χ4n) is 2.84. The normalized spacial score (nSPS) is 26.3. The quantitative estimate of drug-likeness (QED) is 0.833. The third-order valence-corrected chi connectivity index (χ3v) is 3.85. The Morgan fingerprint density at radius 2 is 2.21 bits per heavy atom. The molecule has 2 aliphatic rings. The van der Waals surface area contributed by atoms with E-state index < -0.39 is 0 Å². The summed E-state index contributed by atoms with van der Waals surface area (Å²) in [4.78, 5) is 2.28. The van der Waals surface area contributed by atoms with E-state index in [1.807, 2.05) is 18.2 Å². The van der Waals surface area contributed by atoms with Gasteiger partial charge in [0, 0.05) is 24.3 Å². The van der Waals surface area contributed by atoms with Gasteiger partial charge < -0.3 is 24.8 Å². The van der Waals surface area contributed by atoms with Crippen LogP contribution in [0.15, 0.2) is 18.2 Å². The molecule has 3 rings (SSSR count). The minimum Gasteiger partial charge on any atom is -0.454 e. The summed E-state index contributed by atoms with van der Waals surface area (Å²) in [7, 11) is 0. The van der Waals surface area contributed by atoms with Gasteiger partial charge in [0.15, 0.2) is 11.5 Å². The van der Waals surface area contributed by atoms with E-state index in [-0.39, 0.29) is 12.6 Å². The van der Waals surface area contributed by atoms with Crippen molar-refractivity contribution in [3.63, 3.8) is 0 Å². The molecule has 2 aliphatic heterocycles. The van der Waals surface area contributed by atoms with E-state index >= 15 is 0 Å². The molecule has 1 aromatic rings. The van der Waals surface area contributed by atoms with Crippen LogP contribution in [0, 0.1) is 0 Å². The number of benzene rings is 1. The SMILES string of the molecule is CC1CCNCC(CO)N1c1ccc2c(c1)OCO2. The number of anilines is 1. The predicted molar refractivity (Wildman–Crippen MR) is 72.9 cm³/mol. The smallest absolute Gasteiger partial charge is 0.231 e. The zero-order valence-electron chi connectivity index (χ0n) is 11.1. The predicted octanol–water partition coefficient (Wildman–Crippen LogP) is 0.964. The van der Waals surface area contributed by atoms with Crippen molar-refractivity contribution in [1.29, 1.82) is 0 Å². The summed E-state index contributed by atoms with van der Waals surface area (Å²) < 4.78 is 10.8. The van der Waals surface area contributed by atoms with Gasteiger partial charge >= 0.3 is 0 Å². The molecule has 0 aliphatic carbocycles. The van der Waals surface area contributed by atoms with Crippen molar-refractivity contribution in [3.8, 4) is 11.5 Å². The summed E-state index contributed by atoms with van der Waals surface area (Å²) in [5.41, 5.74) is 1.08. The van der Waals surface area contributed by atoms with Gasteiger partial charge in [0.05, 0.1) is 12.6 Å². The summed E-state index contributed by atoms with van der Waals surface area (Å²) in [5, 5.41) is 13.0. The standard InChI is InChI=1S/C14H20N2O3/c1-10-4-5-15-7-12(8-17)16(10)11-2-3-13-14(6-11)19-9-18-13/h2-3,6,10,12,15,17H,4-5,7-9H2,1H3. The molecule has 2 unspecified atom stereocenters. The number of rotatable bonds is 2. The third-order valence-electron chi connectivity index (χ3n) is 3.85. The molecule has 2 atom stereocenters. The molecule has 5 nitrogen and oxygen atoms in total. The van der Waals surface area contributed by atoms with Crippen molar-refractivity contribution in [3.05, 3.63) is 18.2 Å². The van der Waals surface area contributed by atoms with E-state index in [9.17, 15) is 5.11 Å².